The molecule has 0 aliphatic carbocycles. The molecule has 0 saturated carbocycles. The minimum atomic E-state index is -2.22. The standard InChI is InChI=1S/C10H18O7Si/c1-6(11)14-10(15-7(2)12,16-8(3)13)9(4,5)17-18/h1-5,18H3. The van der Waals surface area contributed by atoms with Crippen LogP contribution in [-0.2, 0) is 33.0 Å². The average Bonchev–Trinajstić information content (AvgIpc) is 2.13. The SMILES string of the molecule is CC(=O)OC(OC(C)=O)(OC(C)=O)C(C)(C)O[SiH3]. The Hall–Kier alpha value is -1.41. The van der Waals surface area contributed by atoms with E-state index >= 15 is 0 Å². The molecule has 8 heteroatoms. The average molecular weight is 278 g/mol. The molecule has 0 aliphatic rings. The molecule has 0 aliphatic heterocycles. The molecule has 0 atom stereocenters. The van der Waals surface area contributed by atoms with Crippen molar-refractivity contribution >= 4 is 28.4 Å². The van der Waals surface area contributed by atoms with E-state index in [0.717, 1.165) is 20.8 Å². The molecule has 7 nitrogen and oxygen atoms in total. The van der Waals surface area contributed by atoms with Gasteiger partial charge in [0.15, 0.2) is 5.60 Å². The van der Waals surface area contributed by atoms with E-state index in [1.807, 2.05) is 0 Å². The van der Waals surface area contributed by atoms with E-state index in [9.17, 15) is 14.4 Å². The lowest BCUT2D eigenvalue weighted by Gasteiger charge is -2.40. The Kier molecular flexibility index (Phi) is 5.49. The van der Waals surface area contributed by atoms with Gasteiger partial charge in [-0.3, -0.25) is 14.4 Å². The molecular weight excluding hydrogens is 260 g/mol. The van der Waals surface area contributed by atoms with Crippen molar-refractivity contribution in [1.82, 2.24) is 0 Å². The maximum atomic E-state index is 11.1. The second-order valence-electron chi connectivity index (χ2n) is 4.05. The van der Waals surface area contributed by atoms with Crippen molar-refractivity contribution in [3.05, 3.63) is 0 Å². The molecule has 104 valence electrons. The second kappa shape index (κ2) is 5.96. The zero-order valence-corrected chi connectivity index (χ0v) is 13.4. The molecule has 18 heavy (non-hydrogen) atoms. The van der Waals surface area contributed by atoms with Crippen molar-refractivity contribution in [2.24, 2.45) is 0 Å². The summed E-state index contributed by atoms with van der Waals surface area (Å²) in [6.07, 6.45) is 0. The van der Waals surface area contributed by atoms with Gasteiger partial charge in [-0.1, -0.05) is 0 Å². The Balaban J connectivity index is 5.58. The van der Waals surface area contributed by atoms with E-state index in [1.165, 1.54) is 13.8 Å². The maximum Gasteiger partial charge on any atom is 0.452 e. The number of carbonyl (C=O) groups is 3. The monoisotopic (exact) mass is 278 g/mol. The zero-order valence-electron chi connectivity index (χ0n) is 11.4. The van der Waals surface area contributed by atoms with Crippen LogP contribution in [0, 0.1) is 0 Å². The third kappa shape index (κ3) is 4.11. The van der Waals surface area contributed by atoms with Gasteiger partial charge in [0.2, 0.25) is 0 Å². The van der Waals surface area contributed by atoms with Crippen LogP contribution in [0.25, 0.3) is 0 Å². The van der Waals surface area contributed by atoms with Gasteiger partial charge in [0.05, 0.1) is 0 Å². The molecule has 0 aromatic carbocycles. The van der Waals surface area contributed by atoms with Gasteiger partial charge in [0, 0.05) is 20.8 Å². The first-order chi connectivity index (χ1) is 8.06. The van der Waals surface area contributed by atoms with Crippen molar-refractivity contribution in [2.75, 3.05) is 0 Å². The minimum absolute atomic E-state index is 0.256. The van der Waals surface area contributed by atoms with Crippen LogP contribution in [0.3, 0.4) is 0 Å². The smallest absolute Gasteiger partial charge is 0.413 e. The summed E-state index contributed by atoms with van der Waals surface area (Å²) in [4.78, 5) is 33.4. The third-order valence-electron chi connectivity index (χ3n) is 2.08. The summed E-state index contributed by atoms with van der Waals surface area (Å²) < 4.78 is 19.9. The summed E-state index contributed by atoms with van der Waals surface area (Å²) in [5.74, 6) is -4.55. The van der Waals surface area contributed by atoms with Gasteiger partial charge in [0.1, 0.15) is 10.5 Å². The van der Waals surface area contributed by atoms with Crippen molar-refractivity contribution < 1.29 is 33.0 Å². The predicted octanol–water partition coefficient (Wildman–Crippen LogP) is -0.595. The number of ether oxygens (including phenoxy) is 3. The molecule has 0 saturated heterocycles. The summed E-state index contributed by atoms with van der Waals surface area (Å²) in [6, 6.07) is 0. The molecule has 0 bridgehead atoms. The van der Waals surface area contributed by atoms with Gasteiger partial charge < -0.3 is 18.6 Å². The quantitative estimate of drug-likeness (QED) is 0.377. The molecule has 0 heterocycles. The highest BCUT2D eigenvalue weighted by molar-refractivity contribution is 5.98. The van der Waals surface area contributed by atoms with Gasteiger partial charge >= 0.3 is 23.9 Å². The Bertz CT molecular complexity index is 309. The number of hydrogen-bond acceptors (Lipinski definition) is 7. The Morgan fingerprint density at radius 2 is 1.11 bits per heavy atom. The highest BCUT2D eigenvalue weighted by atomic mass is 28.2. The number of esters is 3. The topological polar surface area (TPSA) is 88.1 Å². The molecule has 0 aromatic rings. The number of hydrogen-bond donors (Lipinski definition) is 0. The Labute approximate surface area is 108 Å². The van der Waals surface area contributed by atoms with Crippen molar-refractivity contribution in [2.45, 2.75) is 46.2 Å². The van der Waals surface area contributed by atoms with Crippen LogP contribution in [-0.4, -0.2) is 40.0 Å². The van der Waals surface area contributed by atoms with Gasteiger partial charge in [-0.25, -0.2) is 0 Å². The summed E-state index contributed by atoms with van der Waals surface area (Å²) >= 11 is 0. The number of rotatable bonds is 5. The molecule has 0 radical (unpaired) electrons. The van der Waals surface area contributed by atoms with Crippen LogP contribution in [0.1, 0.15) is 34.6 Å². The van der Waals surface area contributed by atoms with E-state index < -0.39 is 29.5 Å². The predicted molar refractivity (Wildman–Crippen MR) is 63.1 cm³/mol. The van der Waals surface area contributed by atoms with E-state index in [-0.39, 0.29) is 10.5 Å². The minimum Gasteiger partial charge on any atom is -0.413 e. The molecule has 0 rings (SSSR count). The van der Waals surface area contributed by atoms with E-state index in [1.54, 1.807) is 0 Å². The van der Waals surface area contributed by atoms with E-state index in [4.69, 9.17) is 18.6 Å². The van der Waals surface area contributed by atoms with E-state index in [2.05, 4.69) is 0 Å². The number of carbonyl (C=O) groups excluding carboxylic acids is 3. The van der Waals surface area contributed by atoms with Crippen LogP contribution in [0.15, 0.2) is 0 Å². The fourth-order valence-corrected chi connectivity index (χ4v) is 1.37. The Morgan fingerprint density at radius 1 is 0.833 bits per heavy atom. The first kappa shape index (κ1) is 16.6. The molecule has 0 amide bonds. The highest BCUT2D eigenvalue weighted by Gasteiger charge is 2.56. The van der Waals surface area contributed by atoms with E-state index in [0.29, 0.717) is 0 Å². The molecule has 0 unspecified atom stereocenters. The lowest BCUT2D eigenvalue weighted by atomic mass is 10.1. The van der Waals surface area contributed by atoms with Crippen LogP contribution >= 0.6 is 0 Å². The van der Waals surface area contributed by atoms with Gasteiger partial charge in [0.25, 0.3) is 0 Å². The third-order valence-corrected chi connectivity index (χ3v) is 3.10. The van der Waals surface area contributed by atoms with Crippen LogP contribution in [0.2, 0.25) is 0 Å². The fraction of sp³-hybridized carbons (Fsp3) is 0.700. The first-order valence-corrected chi connectivity index (χ1v) is 6.02. The fourth-order valence-electron chi connectivity index (χ4n) is 1.12. The van der Waals surface area contributed by atoms with Crippen molar-refractivity contribution in [3.8, 4) is 0 Å². The largest absolute Gasteiger partial charge is 0.452 e. The Morgan fingerprint density at radius 3 is 1.28 bits per heavy atom. The first-order valence-electron chi connectivity index (χ1n) is 5.20. The summed E-state index contributed by atoms with van der Waals surface area (Å²) in [5.41, 5.74) is -1.32. The molecular formula is C10H18O7Si. The molecule has 0 N–H and O–H groups in total. The highest BCUT2D eigenvalue weighted by Crippen LogP contribution is 2.32. The molecule has 0 aromatic heterocycles. The van der Waals surface area contributed by atoms with Crippen LogP contribution in [0.4, 0.5) is 0 Å². The molecule has 0 fully saturated rings. The van der Waals surface area contributed by atoms with Crippen LogP contribution < -0.4 is 0 Å². The molecule has 0 spiro atoms. The lowest BCUT2D eigenvalue weighted by molar-refractivity contribution is -0.379. The van der Waals surface area contributed by atoms with Crippen molar-refractivity contribution in [1.29, 1.82) is 0 Å². The van der Waals surface area contributed by atoms with Gasteiger partial charge in [-0.15, -0.1) is 0 Å². The maximum absolute atomic E-state index is 11.1. The van der Waals surface area contributed by atoms with Gasteiger partial charge in [-0.05, 0) is 13.8 Å². The zero-order chi connectivity index (χ0) is 14.6. The summed E-state index contributed by atoms with van der Waals surface area (Å²) in [5, 5.41) is 0. The normalized spacial score (nSPS) is 11.8. The lowest BCUT2D eigenvalue weighted by Crippen LogP contribution is -2.59. The van der Waals surface area contributed by atoms with Gasteiger partial charge in [-0.2, -0.15) is 0 Å². The summed E-state index contributed by atoms with van der Waals surface area (Å²) in [6.45, 7) is 6.27. The second-order valence-corrected chi connectivity index (χ2v) is 4.46. The summed E-state index contributed by atoms with van der Waals surface area (Å²) in [7, 11) is 0.256. The van der Waals surface area contributed by atoms with Crippen molar-refractivity contribution in [3.63, 3.8) is 0 Å². The van der Waals surface area contributed by atoms with Crippen LogP contribution in [0.5, 0.6) is 0 Å².